The van der Waals surface area contributed by atoms with Crippen LogP contribution in [0, 0.1) is 0 Å². The molecule has 0 saturated heterocycles. The largest absolute Gasteiger partial charge is 0.468 e. The summed E-state index contributed by atoms with van der Waals surface area (Å²) in [5.74, 6) is 0.0694. The summed E-state index contributed by atoms with van der Waals surface area (Å²) in [6.07, 6.45) is 3.36. The highest BCUT2D eigenvalue weighted by molar-refractivity contribution is 7.99. The molecule has 0 saturated carbocycles. The van der Waals surface area contributed by atoms with Crippen LogP contribution in [0.15, 0.2) is 29.7 Å². The fourth-order valence-corrected chi connectivity index (χ4v) is 2.36. The molecule has 0 spiro atoms. The van der Waals surface area contributed by atoms with Gasteiger partial charge in [-0.15, -0.1) is 10.2 Å². The highest BCUT2D eigenvalue weighted by Crippen LogP contribution is 2.21. The van der Waals surface area contributed by atoms with E-state index in [2.05, 4.69) is 25.2 Å². The van der Waals surface area contributed by atoms with Gasteiger partial charge in [0.15, 0.2) is 11.0 Å². The molecule has 0 aromatic carbocycles. The second-order valence-corrected chi connectivity index (χ2v) is 5.19. The minimum atomic E-state index is -0.489. The first-order chi connectivity index (χ1) is 10.6. The number of nitrogens with one attached hydrogen (secondary N) is 1. The molecule has 0 aliphatic rings. The van der Waals surface area contributed by atoms with Gasteiger partial charge in [0, 0.05) is 25.0 Å². The molecule has 2 aromatic rings. The average molecular weight is 321 g/mol. The lowest BCUT2D eigenvalue weighted by molar-refractivity contribution is -0.140. The number of methoxy groups -OCH3 is 1. The molecule has 0 unspecified atom stereocenters. The van der Waals surface area contributed by atoms with Crippen LogP contribution in [0.25, 0.3) is 11.4 Å². The van der Waals surface area contributed by atoms with E-state index in [1.165, 1.54) is 18.9 Å². The number of ether oxygens (including phenoxy) is 1. The summed E-state index contributed by atoms with van der Waals surface area (Å²) in [7, 11) is 3.09. The summed E-state index contributed by atoms with van der Waals surface area (Å²) in [4.78, 5) is 26.5. The van der Waals surface area contributed by atoms with Gasteiger partial charge in [-0.25, -0.2) is 0 Å². The molecule has 0 radical (unpaired) electrons. The van der Waals surface area contributed by atoms with E-state index < -0.39 is 5.97 Å². The lowest BCUT2D eigenvalue weighted by atomic mass is 10.2. The SMILES string of the molecule is COC(=O)CNC(=O)CSc1nnc(-c2ccncc2)n1C. The molecule has 8 nitrogen and oxygen atoms in total. The summed E-state index contributed by atoms with van der Waals surface area (Å²) in [5.41, 5.74) is 0.895. The predicted octanol–water partition coefficient (Wildman–Crippen LogP) is 0.258. The van der Waals surface area contributed by atoms with Crippen LogP contribution in [0.1, 0.15) is 0 Å². The van der Waals surface area contributed by atoms with Crippen molar-refractivity contribution in [2.75, 3.05) is 19.4 Å². The van der Waals surface area contributed by atoms with Gasteiger partial charge in [0.1, 0.15) is 6.54 Å². The van der Waals surface area contributed by atoms with Gasteiger partial charge in [0.25, 0.3) is 0 Å². The monoisotopic (exact) mass is 321 g/mol. The van der Waals surface area contributed by atoms with Gasteiger partial charge in [0.2, 0.25) is 5.91 Å². The van der Waals surface area contributed by atoms with Crippen LogP contribution in [0.5, 0.6) is 0 Å². The molecule has 0 atom stereocenters. The maximum Gasteiger partial charge on any atom is 0.325 e. The number of pyridine rings is 1. The van der Waals surface area contributed by atoms with E-state index in [1.807, 2.05) is 19.2 Å². The van der Waals surface area contributed by atoms with Gasteiger partial charge in [-0.2, -0.15) is 0 Å². The molecule has 0 aliphatic heterocycles. The van der Waals surface area contributed by atoms with Gasteiger partial charge >= 0.3 is 5.97 Å². The first kappa shape index (κ1) is 16.0. The molecule has 0 aliphatic carbocycles. The zero-order chi connectivity index (χ0) is 15.9. The summed E-state index contributed by atoms with van der Waals surface area (Å²) < 4.78 is 6.24. The van der Waals surface area contributed by atoms with Gasteiger partial charge < -0.3 is 14.6 Å². The molecule has 0 bridgehead atoms. The predicted molar refractivity (Wildman–Crippen MR) is 80.0 cm³/mol. The second-order valence-electron chi connectivity index (χ2n) is 4.24. The lowest BCUT2D eigenvalue weighted by Crippen LogP contribution is -2.31. The Morgan fingerprint density at radius 1 is 1.32 bits per heavy atom. The zero-order valence-corrected chi connectivity index (χ0v) is 13.0. The number of hydrogen-bond acceptors (Lipinski definition) is 7. The van der Waals surface area contributed by atoms with E-state index in [0.717, 1.165) is 5.56 Å². The van der Waals surface area contributed by atoms with Crippen LogP contribution in [-0.4, -0.2) is 51.0 Å². The number of aromatic nitrogens is 4. The van der Waals surface area contributed by atoms with Crippen LogP contribution >= 0.6 is 11.8 Å². The molecule has 0 fully saturated rings. The van der Waals surface area contributed by atoms with Crippen LogP contribution in [-0.2, 0) is 21.4 Å². The van der Waals surface area contributed by atoms with Crippen LogP contribution in [0.2, 0.25) is 0 Å². The van der Waals surface area contributed by atoms with Crippen molar-refractivity contribution in [2.24, 2.45) is 7.05 Å². The topological polar surface area (TPSA) is 99.0 Å². The van der Waals surface area contributed by atoms with E-state index in [9.17, 15) is 9.59 Å². The minimum absolute atomic E-state index is 0.138. The van der Waals surface area contributed by atoms with E-state index in [1.54, 1.807) is 17.0 Å². The van der Waals surface area contributed by atoms with Crippen LogP contribution < -0.4 is 5.32 Å². The average Bonchev–Trinajstić information content (AvgIpc) is 2.92. The Morgan fingerprint density at radius 2 is 2.05 bits per heavy atom. The van der Waals surface area contributed by atoms with E-state index in [0.29, 0.717) is 11.0 Å². The van der Waals surface area contributed by atoms with Gasteiger partial charge in [-0.05, 0) is 12.1 Å². The number of amides is 1. The molecule has 9 heteroatoms. The Hall–Kier alpha value is -2.42. The number of thioether (sulfide) groups is 1. The lowest BCUT2D eigenvalue weighted by Gasteiger charge is -2.04. The smallest absolute Gasteiger partial charge is 0.325 e. The molecule has 2 aromatic heterocycles. The number of rotatable bonds is 6. The second kappa shape index (κ2) is 7.55. The number of nitrogens with zero attached hydrogens (tertiary/aromatic N) is 4. The third kappa shape index (κ3) is 4.04. The van der Waals surface area contributed by atoms with E-state index >= 15 is 0 Å². The standard InChI is InChI=1S/C13H15N5O3S/c1-18-12(9-3-5-14-6-4-9)16-17-13(18)22-8-10(19)15-7-11(20)21-2/h3-6H,7-8H2,1-2H3,(H,15,19). The van der Waals surface area contributed by atoms with Crippen molar-refractivity contribution in [3.8, 4) is 11.4 Å². The molecule has 22 heavy (non-hydrogen) atoms. The third-order valence-corrected chi connectivity index (χ3v) is 3.78. The number of esters is 1. The third-order valence-electron chi connectivity index (χ3n) is 2.76. The number of carbonyl (C=O) groups is 2. The van der Waals surface area contributed by atoms with E-state index in [4.69, 9.17) is 0 Å². The highest BCUT2D eigenvalue weighted by atomic mass is 32.2. The Labute approximate surface area is 131 Å². The Bertz CT molecular complexity index is 659. The fraction of sp³-hybridized carbons (Fsp3) is 0.308. The summed E-state index contributed by atoms with van der Waals surface area (Å²) in [6.45, 7) is -0.142. The summed E-state index contributed by atoms with van der Waals surface area (Å²) in [5, 5.41) is 11.2. The Morgan fingerprint density at radius 3 is 2.73 bits per heavy atom. The van der Waals surface area contributed by atoms with Crippen molar-refractivity contribution in [3.05, 3.63) is 24.5 Å². The van der Waals surface area contributed by atoms with Crippen molar-refractivity contribution < 1.29 is 14.3 Å². The quantitative estimate of drug-likeness (QED) is 0.602. The highest BCUT2D eigenvalue weighted by Gasteiger charge is 2.13. The van der Waals surface area contributed by atoms with Crippen molar-refractivity contribution in [1.29, 1.82) is 0 Å². The first-order valence-corrected chi connectivity index (χ1v) is 7.36. The van der Waals surface area contributed by atoms with E-state index in [-0.39, 0.29) is 18.2 Å². The molecular formula is C13H15N5O3S. The van der Waals surface area contributed by atoms with Crippen molar-refractivity contribution >= 4 is 23.6 Å². The molecular weight excluding hydrogens is 306 g/mol. The maximum atomic E-state index is 11.6. The van der Waals surface area contributed by atoms with Crippen LogP contribution in [0.3, 0.4) is 0 Å². The van der Waals surface area contributed by atoms with Gasteiger partial charge in [-0.1, -0.05) is 11.8 Å². The molecule has 1 N–H and O–H groups in total. The summed E-state index contributed by atoms with van der Waals surface area (Å²) in [6, 6.07) is 3.67. The first-order valence-electron chi connectivity index (χ1n) is 6.38. The minimum Gasteiger partial charge on any atom is -0.468 e. The van der Waals surface area contributed by atoms with Crippen molar-refractivity contribution in [2.45, 2.75) is 5.16 Å². The van der Waals surface area contributed by atoms with Crippen molar-refractivity contribution in [3.63, 3.8) is 0 Å². The molecule has 2 rings (SSSR count). The molecule has 2 heterocycles. The van der Waals surface area contributed by atoms with Crippen LogP contribution in [0.4, 0.5) is 0 Å². The van der Waals surface area contributed by atoms with Crippen molar-refractivity contribution in [1.82, 2.24) is 25.1 Å². The number of carbonyl (C=O) groups excluding carboxylic acids is 2. The maximum absolute atomic E-state index is 11.6. The van der Waals surface area contributed by atoms with Gasteiger partial charge in [0.05, 0.1) is 12.9 Å². The Balaban J connectivity index is 1.93. The normalized spacial score (nSPS) is 10.3. The van der Waals surface area contributed by atoms with Gasteiger partial charge in [-0.3, -0.25) is 14.6 Å². The summed E-state index contributed by atoms with van der Waals surface area (Å²) >= 11 is 1.24. The zero-order valence-electron chi connectivity index (χ0n) is 12.1. The number of hydrogen-bond donors (Lipinski definition) is 1. The fourth-order valence-electron chi connectivity index (χ4n) is 1.62. The molecule has 1 amide bonds. The Kier molecular flexibility index (Phi) is 5.48. The molecule has 116 valence electrons.